The zero-order valence-corrected chi connectivity index (χ0v) is 11.1. The van der Waals surface area contributed by atoms with E-state index < -0.39 is 0 Å². The molecule has 2 heterocycles. The molecule has 0 bridgehead atoms. The van der Waals surface area contributed by atoms with Crippen molar-refractivity contribution in [3.05, 3.63) is 29.6 Å². The van der Waals surface area contributed by atoms with Crippen LogP contribution in [0.4, 0.5) is 0 Å². The van der Waals surface area contributed by atoms with E-state index in [0.717, 1.165) is 25.0 Å². The summed E-state index contributed by atoms with van der Waals surface area (Å²) in [5.74, 6) is 0.0725. The Hall–Kier alpha value is -1.42. The number of amides is 1. The number of carbonyl (C=O) groups is 1. The molecule has 18 heavy (non-hydrogen) atoms. The summed E-state index contributed by atoms with van der Waals surface area (Å²) in [6.07, 6.45) is 4.93. The molecule has 1 aliphatic rings. The Kier molecular flexibility index (Phi) is 3.97. The van der Waals surface area contributed by atoms with Gasteiger partial charge < -0.3 is 10.6 Å². The first-order valence-corrected chi connectivity index (χ1v) is 6.59. The first-order chi connectivity index (χ1) is 8.65. The average Bonchev–Trinajstić information content (AvgIpc) is 2.38. The van der Waals surface area contributed by atoms with Gasteiger partial charge in [-0.3, -0.25) is 9.78 Å². The van der Waals surface area contributed by atoms with Gasteiger partial charge >= 0.3 is 0 Å². The molecule has 0 aromatic carbocycles. The van der Waals surface area contributed by atoms with E-state index in [0.29, 0.717) is 12.1 Å². The lowest BCUT2D eigenvalue weighted by molar-refractivity contribution is 0.0493. The van der Waals surface area contributed by atoms with E-state index in [2.05, 4.69) is 11.9 Å². The minimum atomic E-state index is 0.0725. The minimum Gasteiger partial charge on any atom is -0.332 e. The molecule has 0 radical (unpaired) electrons. The number of piperidine rings is 1. The Morgan fingerprint density at radius 2 is 2.33 bits per heavy atom. The molecule has 0 aliphatic carbocycles. The van der Waals surface area contributed by atoms with Crippen LogP contribution >= 0.6 is 0 Å². The van der Waals surface area contributed by atoms with Crippen molar-refractivity contribution >= 4 is 5.91 Å². The van der Waals surface area contributed by atoms with Gasteiger partial charge in [0.1, 0.15) is 0 Å². The number of aromatic nitrogens is 1. The predicted molar refractivity (Wildman–Crippen MR) is 71.3 cm³/mol. The second kappa shape index (κ2) is 5.48. The summed E-state index contributed by atoms with van der Waals surface area (Å²) in [5, 5.41) is 0. The normalized spacial score (nSPS) is 24.1. The van der Waals surface area contributed by atoms with Crippen molar-refractivity contribution in [2.45, 2.75) is 45.2 Å². The summed E-state index contributed by atoms with van der Waals surface area (Å²) in [5.41, 5.74) is 7.29. The van der Waals surface area contributed by atoms with Crippen molar-refractivity contribution in [1.82, 2.24) is 9.88 Å². The summed E-state index contributed by atoms with van der Waals surface area (Å²) in [6, 6.07) is 4.09. The van der Waals surface area contributed by atoms with Crippen LogP contribution < -0.4 is 5.73 Å². The highest BCUT2D eigenvalue weighted by Crippen LogP contribution is 2.24. The lowest BCUT2D eigenvalue weighted by Gasteiger charge is -2.40. The molecule has 1 aromatic rings. The van der Waals surface area contributed by atoms with Crippen molar-refractivity contribution in [2.75, 3.05) is 6.54 Å². The maximum Gasteiger partial charge on any atom is 0.256 e. The summed E-state index contributed by atoms with van der Waals surface area (Å²) < 4.78 is 0. The van der Waals surface area contributed by atoms with Gasteiger partial charge in [0, 0.05) is 30.5 Å². The van der Waals surface area contributed by atoms with Crippen LogP contribution in [0.1, 0.15) is 42.2 Å². The fourth-order valence-electron chi connectivity index (χ4n) is 2.73. The molecular formula is C14H21N3O. The van der Waals surface area contributed by atoms with Gasteiger partial charge in [-0.1, -0.05) is 0 Å². The van der Waals surface area contributed by atoms with Gasteiger partial charge in [-0.05, 0) is 45.2 Å². The van der Waals surface area contributed by atoms with Gasteiger partial charge in [0.15, 0.2) is 0 Å². The summed E-state index contributed by atoms with van der Waals surface area (Å²) >= 11 is 0. The third kappa shape index (κ3) is 2.38. The highest BCUT2D eigenvalue weighted by molar-refractivity contribution is 5.95. The number of carbonyl (C=O) groups excluding carboxylic acids is 1. The molecular weight excluding hydrogens is 226 g/mol. The zero-order valence-electron chi connectivity index (χ0n) is 11.1. The molecule has 1 aliphatic heterocycles. The molecule has 2 atom stereocenters. The minimum absolute atomic E-state index is 0.0725. The monoisotopic (exact) mass is 247 g/mol. The Labute approximate surface area is 108 Å². The smallest absolute Gasteiger partial charge is 0.256 e. The van der Waals surface area contributed by atoms with E-state index in [1.54, 1.807) is 6.20 Å². The molecule has 1 fully saturated rings. The highest BCUT2D eigenvalue weighted by atomic mass is 16.2. The fourth-order valence-corrected chi connectivity index (χ4v) is 2.73. The van der Waals surface area contributed by atoms with E-state index in [9.17, 15) is 4.79 Å². The van der Waals surface area contributed by atoms with Gasteiger partial charge in [0.2, 0.25) is 0 Å². The fraction of sp³-hybridized carbons (Fsp3) is 0.571. The van der Waals surface area contributed by atoms with Gasteiger partial charge in [0.25, 0.3) is 5.91 Å². The number of aryl methyl sites for hydroxylation is 1. The molecule has 0 saturated carbocycles. The summed E-state index contributed by atoms with van der Waals surface area (Å²) in [6.45, 7) is 4.51. The lowest BCUT2D eigenvalue weighted by Crippen LogP contribution is -2.52. The van der Waals surface area contributed by atoms with Crippen molar-refractivity contribution in [2.24, 2.45) is 5.73 Å². The highest BCUT2D eigenvalue weighted by Gasteiger charge is 2.32. The number of pyridine rings is 1. The lowest BCUT2D eigenvalue weighted by atomic mass is 9.95. The summed E-state index contributed by atoms with van der Waals surface area (Å²) in [4.78, 5) is 18.8. The van der Waals surface area contributed by atoms with Crippen molar-refractivity contribution in [1.29, 1.82) is 0 Å². The largest absolute Gasteiger partial charge is 0.332 e. The number of nitrogens with two attached hydrogens (primary N) is 1. The van der Waals surface area contributed by atoms with Crippen molar-refractivity contribution in [3.8, 4) is 0 Å². The second-order valence-electron chi connectivity index (χ2n) is 5.02. The van der Waals surface area contributed by atoms with Crippen LogP contribution in [0.15, 0.2) is 18.3 Å². The quantitative estimate of drug-likeness (QED) is 0.866. The van der Waals surface area contributed by atoms with Crippen LogP contribution in [0.3, 0.4) is 0 Å². The van der Waals surface area contributed by atoms with E-state index >= 15 is 0 Å². The van der Waals surface area contributed by atoms with Gasteiger partial charge in [0.05, 0.1) is 5.56 Å². The van der Waals surface area contributed by atoms with Crippen LogP contribution in [-0.2, 0) is 0 Å². The Bertz CT molecular complexity index is 433. The molecule has 2 N–H and O–H groups in total. The van der Waals surface area contributed by atoms with Gasteiger partial charge in [-0.15, -0.1) is 0 Å². The van der Waals surface area contributed by atoms with Gasteiger partial charge in [-0.25, -0.2) is 0 Å². The first-order valence-electron chi connectivity index (χ1n) is 6.59. The average molecular weight is 247 g/mol. The van der Waals surface area contributed by atoms with Crippen LogP contribution in [0, 0.1) is 6.92 Å². The SMILES string of the molecule is Cc1ncccc1C(=O)N1C(C)CCCC1CN. The van der Waals surface area contributed by atoms with E-state index in [4.69, 9.17) is 5.73 Å². The molecule has 0 spiro atoms. The third-order valence-corrected chi connectivity index (χ3v) is 3.77. The van der Waals surface area contributed by atoms with Crippen LogP contribution in [0.25, 0.3) is 0 Å². The van der Waals surface area contributed by atoms with E-state index in [-0.39, 0.29) is 18.0 Å². The molecule has 4 heteroatoms. The molecule has 1 amide bonds. The Morgan fingerprint density at radius 1 is 1.56 bits per heavy atom. The van der Waals surface area contributed by atoms with E-state index in [1.807, 2.05) is 24.0 Å². The number of hydrogen-bond donors (Lipinski definition) is 1. The maximum atomic E-state index is 12.6. The molecule has 2 rings (SSSR count). The van der Waals surface area contributed by atoms with Crippen LogP contribution in [0.2, 0.25) is 0 Å². The molecule has 98 valence electrons. The summed E-state index contributed by atoms with van der Waals surface area (Å²) in [7, 11) is 0. The van der Waals surface area contributed by atoms with E-state index in [1.165, 1.54) is 0 Å². The second-order valence-corrected chi connectivity index (χ2v) is 5.02. The number of hydrogen-bond acceptors (Lipinski definition) is 3. The topological polar surface area (TPSA) is 59.2 Å². The third-order valence-electron chi connectivity index (χ3n) is 3.77. The number of nitrogens with zero attached hydrogens (tertiary/aromatic N) is 2. The molecule has 1 saturated heterocycles. The number of rotatable bonds is 2. The Morgan fingerprint density at radius 3 is 3.00 bits per heavy atom. The number of likely N-dealkylation sites (tertiary alicyclic amines) is 1. The molecule has 2 unspecified atom stereocenters. The molecule has 4 nitrogen and oxygen atoms in total. The first kappa shape index (κ1) is 13.0. The standard InChI is InChI=1S/C14H21N3O/c1-10-5-3-6-12(9-15)17(10)14(18)13-7-4-8-16-11(13)2/h4,7-8,10,12H,3,5-6,9,15H2,1-2H3. The predicted octanol–water partition coefficient (Wildman–Crippen LogP) is 1.73. The zero-order chi connectivity index (χ0) is 13.1. The maximum absolute atomic E-state index is 12.6. The Balaban J connectivity index is 2.28. The molecule has 1 aromatic heterocycles. The van der Waals surface area contributed by atoms with Gasteiger partial charge in [-0.2, -0.15) is 0 Å². The van der Waals surface area contributed by atoms with Crippen LogP contribution in [-0.4, -0.2) is 34.4 Å². The van der Waals surface area contributed by atoms with Crippen LogP contribution in [0.5, 0.6) is 0 Å². The van der Waals surface area contributed by atoms with Crippen molar-refractivity contribution in [3.63, 3.8) is 0 Å². The van der Waals surface area contributed by atoms with Crippen molar-refractivity contribution < 1.29 is 4.79 Å².